The fourth-order valence-corrected chi connectivity index (χ4v) is 1.57. The molecule has 0 aromatic heterocycles. The van der Waals surface area contributed by atoms with Gasteiger partial charge in [-0.15, -0.1) is 0 Å². The van der Waals surface area contributed by atoms with Crippen LogP contribution in [-0.2, 0) is 9.53 Å². The van der Waals surface area contributed by atoms with Crippen molar-refractivity contribution in [3.63, 3.8) is 0 Å². The van der Waals surface area contributed by atoms with Gasteiger partial charge in [0, 0.05) is 0 Å². The first-order valence-corrected chi connectivity index (χ1v) is 5.86. The van der Waals surface area contributed by atoms with Crippen LogP contribution in [0.2, 0.25) is 5.02 Å². The Morgan fingerprint density at radius 3 is 2.68 bits per heavy atom. The van der Waals surface area contributed by atoms with E-state index in [1.165, 1.54) is 0 Å². The highest BCUT2D eigenvalue weighted by molar-refractivity contribution is 6.33. The van der Waals surface area contributed by atoms with E-state index in [0.29, 0.717) is 10.7 Å². The van der Waals surface area contributed by atoms with Gasteiger partial charge in [-0.05, 0) is 24.6 Å². The number of amides is 1. The predicted molar refractivity (Wildman–Crippen MR) is 66.3 cm³/mol. The summed E-state index contributed by atoms with van der Waals surface area (Å²) in [5.41, 5.74) is 1.37. The molecule has 0 saturated carbocycles. The molecule has 0 aliphatic heterocycles. The second-order valence-electron chi connectivity index (χ2n) is 3.95. The lowest BCUT2D eigenvalue weighted by Gasteiger charge is -2.09. The lowest BCUT2D eigenvalue weighted by Crippen LogP contribution is -2.20. The predicted octanol–water partition coefficient (Wildman–Crippen LogP) is 3.56. The molecule has 0 fully saturated rings. The zero-order chi connectivity index (χ0) is 14.5. The van der Waals surface area contributed by atoms with Gasteiger partial charge in [0.15, 0.2) is 0 Å². The Bertz CT molecular complexity index is 449. The highest BCUT2D eigenvalue weighted by Crippen LogP contribution is 2.22. The molecule has 0 radical (unpaired) electrons. The molecule has 0 bridgehead atoms. The van der Waals surface area contributed by atoms with Gasteiger partial charge in [0.25, 0.3) is 0 Å². The fraction of sp³-hybridized carbons (Fsp3) is 0.417. The first-order chi connectivity index (χ1) is 8.78. The SMILES string of the molecule is Cc1ccc(NC(=O)CCOCC(F)(F)F)c(Cl)c1. The van der Waals surface area contributed by atoms with Gasteiger partial charge in [-0.2, -0.15) is 13.2 Å². The second kappa shape index (κ2) is 6.77. The van der Waals surface area contributed by atoms with E-state index in [0.717, 1.165) is 5.56 Å². The molecule has 19 heavy (non-hydrogen) atoms. The van der Waals surface area contributed by atoms with Crippen molar-refractivity contribution < 1.29 is 22.7 Å². The molecule has 0 unspecified atom stereocenters. The Morgan fingerprint density at radius 2 is 2.11 bits per heavy atom. The Hall–Kier alpha value is -1.27. The summed E-state index contributed by atoms with van der Waals surface area (Å²) in [6.45, 7) is 0.197. The van der Waals surface area contributed by atoms with E-state index < -0.39 is 18.7 Å². The van der Waals surface area contributed by atoms with Crippen LogP contribution in [0.1, 0.15) is 12.0 Å². The van der Waals surface area contributed by atoms with Crippen LogP contribution < -0.4 is 5.32 Å². The van der Waals surface area contributed by atoms with Crippen LogP contribution in [0.15, 0.2) is 18.2 Å². The van der Waals surface area contributed by atoms with E-state index in [1.807, 2.05) is 6.92 Å². The molecular weight excluding hydrogens is 283 g/mol. The van der Waals surface area contributed by atoms with Crippen molar-refractivity contribution in [3.05, 3.63) is 28.8 Å². The highest BCUT2D eigenvalue weighted by Gasteiger charge is 2.27. The number of hydrogen-bond donors (Lipinski definition) is 1. The van der Waals surface area contributed by atoms with Gasteiger partial charge in [0.1, 0.15) is 6.61 Å². The summed E-state index contributed by atoms with van der Waals surface area (Å²) < 4.78 is 39.7. The van der Waals surface area contributed by atoms with Gasteiger partial charge < -0.3 is 10.1 Å². The molecule has 0 heterocycles. The molecule has 0 aliphatic carbocycles. The fourth-order valence-electron chi connectivity index (χ4n) is 1.29. The quantitative estimate of drug-likeness (QED) is 0.844. The van der Waals surface area contributed by atoms with E-state index in [2.05, 4.69) is 10.1 Å². The van der Waals surface area contributed by atoms with Crippen molar-refractivity contribution in [1.82, 2.24) is 0 Å². The monoisotopic (exact) mass is 295 g/mol. The molecule has 1 aromatic carbocycles. The number of ether oxygens (including phenoxy) is 1. The standard InChI is InChI=1S/C12H13ClF3NO2/c1-8-2-3-10(9(13)6-8)17-11(18)4-5-19-7-12(14,15)16/h2-3,6H,4-5,7H2,1H3,(H,17,18). The number of alkyl halides is 3. The topological polar surface area (TPSA) is 38.3 Å². The van der Waals surface area contributed by atoms with E-state index in [4.69, 9.17) is 11.6 Å². The first kappa shape index (κ1) is 15.8. The Balaban J connectivity index is 2.35. The maximum Gasteiger partial charge on any atom is 0.411 e. The normalized spacial score (nSPS) is 11.4. The molecule has 7 heteroatoms. The van der Waals surface area contributed by atoms with Crippen LogP contribution in [0.4, 0.5) is 18.9 Å². The number of anilines is 1. The Morgan fingerprint density at radius 1 is 1.42 bits per heavy atom. The molecule has 106 valence electrons. The third-order valence-corrected chi connectivity index (χ3v) is 2.45. The molecular formula is C12H13ClF3NO2. The summed E-state index contributed by atoms with van der Waals surface area (Å²) in [6, 6.07) is 5.07. The average Bonchev–Trinajstić information content (AvgIpc) is 2.27. The molecule has 0 aliphatic rings. The number of aryl methyl sites for hydroxylation is 1. The molecule has 0 saturated heterocycles. The molecule has 1 amide bonds. The summed E-state index contributed by atoms with van der Waals surface area (Å²) in [6.07, 6.45) is -4.54. The van der Waals surface area contributed by atoms with Gasteiger partial charge in [-0.1, -0.05) is 17.7 Å². The Labute approximate surface area is 113 Å². The number of nitrogens with one attached hydrogen (secondary N) is 1. The van der Waals surface area contributed by atoms with E-state index in [-0.39, 0.29) is 13.0 Å². The van der Waals surface area contributed by atoms with Crippen molar-refractivity contribution in [3.8, 4) is 0 Å². The first-order valence-electron chi connectivity index (χ1n) is 5.48. The lowest BCUT2D eigenvalue weighted by atomic mass is 10.2. The van der Waals surface area contributed by atoms with E-state index in [9.17, 15) is 18.0 Å². The van der Waals surface area contributed by atoms with Crippen LogP contribution in [0.25, 0.3) is 0 Å². The summed E-state index contributed by atoms with van der Waals surface area (Å²) in [5.74, 6) is -0.451. The maximum absolute atomic E-state index is 11.8. The van der Waals surface area contributed by atoms with Crippen molar-refractivity contribution in [2.24, 2.45) is 0 Å². The number of carbonyl (C=O) groups excluding carboxylic acids is 1. The van der Waals surface area contributed by atoms with Gasteiger partial charge >= 0.3 is 6.18 Å². The van der Waals surface area contributed by atoms with Crippen LogP contribution in [-0.4, -0.2) is 25.3 Å². The minimum Gasteiger partial charge on any atom is -0.372 e. The summed E-state index contributed by atoms with van der Waals surface area (Å²) >= 11 is 5.90. The minimum absolute atomic E-state index is 0.166. The van der Waals surface area contributed by atoms with Crippen LogP contribution in [0.3, 0.4) is 0 Å². The summed E-state index contributed by atoms with van der Waals surface area (Å²) in [4.78, 5) is 11.4. The largest absolute Gasteiger partial charge is 0.411 e. The lowest BCUT2D eigenvalue weighted by molar-refractivity contribution is -0.174. The number of benzene rings is 1. The average molecular weight is 296 g/mol. The summed E-state index contributed by atoms with van der Waals surface area (Å²) in [5, 5.41) is 2.88. The molecule has 0 spiro atoms. The van der Waals surface area contributed by atoms with Crippen molar-refractivity contribution in [2.45, 2.75) is 19.5 Å². The summed E-state index contributed by atoms with van der Waals surface area (Å²) in [7, 11) is 0. The van der Waals surface area contributed by atoms with Crippen molar-refractivity contribution in [1.29, 1.82) is 0 Å². The van der Waals surface area contributed by atoms with Gasteiger partial charge in [-0.25, -0.2) is 0 Å². The van der Waals surface area contributed by atoms with Crippen LogP contribution in [0, 0.1) is 6.92 Å². The second-order valence-corrected chi connectivity index (χ2v) is 4.36. The van der Waals surface area contributed by atoms with Gasteiger partial charge in [-0.3, -0.25) is 4.79 Å². The smallest absolute Gasteiger partial charge is 0.372 e. The van der Waals surface area contributed by atoms with E-state index in [1.54, 1.807) is 18.2 Å². The minimum atomic E-state index is -4.38. The highest BCUT2D eigenvalue weighted by atomic mass is 35.5. The van der Waals surface area contributed by atoms with Gasteiger partial charge in [0.05, 0.1) is 23.7 Å². The molecule has 1 N–H and O–H groups in total. The number of carbonyl (C=O) groups is 1. The molecule has 1 aromatic rings. The van der Waals surface area contributed by atoms with Crippen molar-refractivity contribution >= 4 is 23.2 Å². The number of halogens is 4. The third kappa shape index (κ3) is 6.45. The number of rotatable bonds is 5. The van der Waals surface area contributed by atoms with Crippen LogP contribution >= 0.6 is 11.6 Å². The van der Waals surface area contributed by atoms with Crippen molar-refractivity contribution in [2.75, 3.05) is 18.5 Å². The van der Waals surface area contributed by atoms with Crippen LogP contribution in [0.5, 0.6) is 0 Å². The zero-order valence-electron chi connectivity index (χ0n) is 10.2. The maximum atomic E-state index is 11.8. The molecule has 1 rings (SSSR count). The number of hydrogen-bond acceptors (Lipinski definition) is 2. The zero-order valence-corrected chi connectivity index (χ0v) is 10.9. The van der Waals surface area contributed by atoms with E-state index >= 15 is 0 Å². The third-order valence-electron chi connectivity index (χ3n) is 2.14. The Kier molecular flexibility index (Phi) is 5.62. The van der Waals surface area contributed by atoms with Gasteiger partial charge in [0.2, 0.25) is 5.91 Å². The molecule has 0 atom stereocenters. The molecule has 3 nitrogen and oxygen atoms in total.